The molecule has 26 heavy (non-hydrogen) atoms. The van der Waals surface area contributed by atoms with Crippen molar-refractivity contribution in [2.75, 3.05) is 18.5 Å². The third kappa shape index (κ3) is 3.89. The number of hydroxylamine groups is 1. The highest BCUT2D eigenvalue weighted by atomic mass is 32.2. The molecule has 1 atom stereocenters. The van der Waals surface area contributed by atoms with Crippen molar-refractivity contribution in [1.29, 1.82) is 0 Å². The summed E-state index contributed by atoms with van der Waals surface area (Å²) >= 11 is 0. The zero-order chi connectivity index (χ0) is 19.3. The van der Waals surface area contributed by atoms with E-state index >= 15 is 0 Å². The molecular formula is C17H20N2O6S. The van der Waals surface area contributed by atoms with Gasteiger partial charge in [0.1, 0.15) is 17.5 Å². The molecule has 0 fully saturated rings. The van der Waals surface area contributed by atoms with Crippen LogP contribution in [0.5, 0.6) is 11.5 Å². The molecule has 0 heterocycles. The maximum atomic E-state index is 13.2. The van der Waals surface area contributed by atoms with E-state index < -0.39 is 22.0 Å². The Kier molecular flexibility index (Phi) is 6.06. The van der Waals surface area contributed by atoms with Crippen LogP contribution in [0.1, 0.15) is 6.92 Å². The first-order valence-corrected chi connectivity index (χ1v) is 9.05. The first-order valence-electron chi connectivity index (χ1n) is 7.61. The van der Waals surface area contributed by atoms with Crippen molar-refractivity contribution >= 4 is 21.6 Å². The highest BCUT2D eigenvalue weighted by Gasteiger charge is 2.33. The Morgan fingerprint density at radius 1 is 1.08 bits per heavy atom. The molecule has 0 spiro atoms. The lowest BCUT2D eigenvalue weighted by Gasteiger charge is -2.29. The number of amides is 1. The smallest absolute Gasteiger partial charge is 0.266 e. The third-order valence-electron chi connectivity index (χ3n) is 3.77. The fraction of sp³-hybridized carbons (Fsp3) is 0.235. The van der Waals surface area contributed by atoms with Gasteiger partial charge in [0.15, 0.2) is 0 Å². The predicted molar refractivity (Wildman–Crippen MR) is 95.0 cm³/mol. The molecule has 2 aromatic carbocycles. The average molecular weight is 380 g/mol. The molecule has 1 amide bonds. The van der Waals surface area contributed by atoms with E-state index in [2.05, 4.69) is 0 Å². The number of nitrogens with one attached hydrogen (secondary N) is 1. The summed E-state index contributed by atoms with van der Waals surface area (Å²) in [5.74, 6) is 0.0528. The summed E-state index contributed by atoms with van der Waals surface area (Å²) in [7, 11) is -1.19. The third-order valence-corrected chi connectivity index (χ3v) is 5.68. The maximum Gasteiger partial charge on any atom is 0.266 e. The Morgan fingerprint density at radius 2 is 1.69 bits per heavy atom. The second-order valence-electron chi connectivity index (χ2n) is 5.33. The Morgan fingerprint density at radius 3 is 2.23 bits per heavy atom. The summed E-state index contributed by atoms with van der Waals surface area (Å²) in [6.45, 7) is 1.37. The summed E-state index contributed by atoms with van der Waals surface area (Å²) < 4.78 is 37.4. The maximum absolute atomic E-state index is 13.2. The van der Waals surface area contributed by atoms with E-state index in [0.29, 0.717) is 11.5 Å². The lowest BCUT2D eigenvalue weighted by atomic mass is 10.2. The van der Waals surface area contributed by atoms with Crippen molar-refractivity contribution in [1.82, 2.24) is 5.48 Å². The van der Waals surface area contributed by atoms with Crippen molar-refractivity contribution in [3.8, 4) is 11.5 Å². The van der Waals surface area contributed by atoms with E-state index in [1.807, 2.05) is 0 Å². The quantitative estimate of drug-likeness (QED) is 0.560. The summed E-state index contributed by atoms with van der Waals surface area (Å²) in [6.07, 6.45) is 0. The van der Waals surface area contributed by atoms with E-state index in [9.17, 15) is 13.2 Å². The monoisotopic (exact) mass is 380 g/mol. The van der Waals surface area contributed by atoms with E-state index in [-0.39, 0.29) is 10.6 Å². The van der Waals surface area contributed by atoms with Crippen LogP contribution in [0.2, 0.25) is 0 Å². The predicted octanol–water partition coefficient (Wildman–Crippen LogP) is 1.79. The Bertz CT molecular complexity index is 867. The number of rotatable bonds is 7. The second-order valence-corrected chi connectivity index (χ2v) is 7.14. The fourth-order valence-electron chi connectivity index (χ4n) is 2.38. The van der Waals surface area contributed by atoms with Crippen LogP contribution < -0.4 is 19.3 Å². The van der Waals surface area contributed by atoms with Gasteiger partial charge in [-0.2, -0.15) is 0 Å². The molecule has 8 nitrogen and oxygen atoms in total. The lowest BCUT2D eigenvalue weighted by Crippen LogP contribution is -2.47. The minimum atomic E-state index is -4.11. The van der Waals surface area contributed by atoms with Gasteiger partial charge >= 0.3 is 0 Å². The average Bonchev–Trinajstić information content (AvgIpc) is 2.67. The van der Waals surface area contributed by atoms with Gasteiger partial charge in [0.2, 0.25) is 0 Å². The summed E-state index contributed by atoms with van der Waals surface area (Å²) in [4.78, 5) is 11.9. The molecular weight excluding hydrogens is 360 g/mol. The van der Waals surface area contributed by atoms with Crippen molar-refractivity contribution in [2.45, 2.75) is 17.9 Å². The Balaban J connectivity index is 2.59. The highest BCUT2D eigenvalue weighted by molar-refractivity contribution is 7.92. The zero-order valence-corrected chi connectivity index (χ0v) is 15.4. The number of hydrogen-bond donors (Lipinski definition) is 2. The largest absolute Gasteiger partial charge is 0.497 e. The molecule has 0 saturated heterocycles. The number of ether oxygens (including phenoxy) is 2. The van der Waals surface area contributed by atoms with E-state index in [4.69, 9.17) is 14.7 Å². The molecule has 0 aromatic heterocycles. The minimum Gasteiger partial charge on any atom is -0.497 e. The number of benzene rings is 2. The number of sulfonamides is 1. The molecule has 9 heteroatoms. The molecule has 2 N–H and O–H groups in total. The summed E-state index contributed by atoms with van der Waals surface area (Å²) in [6, 6.07) is 10.8. The van der Waals surface area contributed by atoms with Crippen LogP contribution in [0.4, 0.5) is 5.69 Å². The molecule has 0 bridgehead atoms. The molecule has 0 aliphatic rings. The Hall–Kier alpha value is -2.78. The van der Waals surface area contributed by atoms with E-state index in [0.717, 1.165) is 4.31 Å². The highest BCUT2D eigenvalue weighted by Crippen LogP contribution is 2.29. The van der Waals surface area contributed by atoms with Crippen molar-refractivity contribution < 1.29 is 27.9 Å². The van der Waals surface area contributed by atoms with E-state index in [1.54, 1.807) is 12.1 Å². The molecule has 1 unspecified atom stereocenters. The van der Waals surface area contributed by atoms with Crippen LogP contribution in [-0.2, 0) is 14.8 Å². The van der Waals surface area contributed by atoms with Gasteiger partial charge < -0.3 is 9.47 Å². The molecule has 2 rings (SSSR count). The van der Waals surface area contributed by atoms with Gasteiger partial charge in [-0.3, -0.25) is 14.3 Å². The molecule has 0 aliphatic carbocycles. The molecule has 0 saturated carbocycles. The normalized spacial score (nSPS) is 12.2. The number of carbonyl (C=O) groups is 1. The van der Waals surface area contributed by atoms with Gasteiger partial charge in [-0.25, -0.2) is 13.9 Å². The fourth-order valence-corrected chi connectivity index (χ4v) is 3.99. The number of carbonyl (C=O) groups excluding carboxylic acids is 1. The number of methoxy groups -OCH3 is 2. The van der Waals surface area contributed by atoms with Crippen LogP contribution >= 0.6 is 0 Å². The summed E-state index contributed by atoms with van der Waals surface area (Å²) in [5.41, 5.74) is 1.71. The first kappa shape index (κ1) is 19.5. The standard InChI is InChI=1S/C17H20N2O6S/c1-12(17(20)18-21)19(13-5-4-6-15(11-13)25-3)26(22,23)16-9-7-14(24-2)8-10-16/h4-12,21H,1-3H3,(H,18,20). The molecule has 0 aliphatic heterocycles. The first-order chi connectivity index (χ1) is 12.3. The van der Waals surface area contributed by atoms with Crippen LogP contribution in [0, 0.1) is 0 Å². The van der Waals surface area contributed by atoms with Gasteiger partial charge in [0.25, 0.3) is 15.9 Å². The van der Waals surface area contributed by atoms with Crippen LogP contribution in [-0.4, -0.2) is 39.8 Å². The molecule has 2 aromatic rings. The van der Waals surface area contributed by atoms with Crippen LogP contribution in [0.15, 0.2) is 53.4 Å². The summed E-state index contributed by atoms with van der Waals surface area (Å²) in [5, 5.41) is 8.94. The second kappa shape index (κ2) is 8.07. The van der Waals surface area contributed by atoms with Gasteiger partial charge in [0, 0.05) is 6.07 Å². The number of anilines is 1. The number of nitrogens with zero attached hydrogens (tertiary/aromatic N) is 1. The van der Waals surface area contributed by atoms with Gasteiger partial charge in [-0.05, 0) is 43.3 Å². The van der Waals surface area contributed by atoms with Crippen molar-refractivity contribution in [3.05, 3.63) is 48.5 Å². The van der Waals surface area contributed by atoms with E-state index in [1.165, 1.54) is 63.0 Å². The minimum absolute atomic E-state index is 0.0290. The van der Waals surface area contributed by atoms with Gasteiger partial charge in [-0.15, -0.1) is 0 Å². The molecule has 0 radical (unpaired) electrons. The number of hydrogen-bond acceptors (Lipinski definition) is 6. The van der Waals surface area contributed by atoms with Gasteiger partial charge in [-0.1, -0.05) is 6.07 Å². The van der Waals surface area contributed by atoms with Crippen LogP contribution in [0.25, 0.3) is 0 Å². The lowest BCUT2D eigenvalue weighted by molar-refractivity contribution is -0.129. The Labute approximate surface area is 152 Å². The topological polar surface area (TPSA) is 105 Å². The van der Waals surface area contributed by atoms with Gasteiger partial charge in [0.05, 0.1) is 24.8 Å². The zero-order valence-electron chi connectivity index (χ0n) is 14.5. The molecule has 140 valence electrons. The van der Waals surface area contributed by atoms with Crippen molar-refractivity contribution in [2.24, 2.45) is 0 Å². The van der Waals surface area contributed by atoms with Crippen LogP contribution in [0.3, 0.4) is 0 Å². The SMILES string of the molecule is COc1ccc(S(=O)(=O)N(c2cccc(OC)c2)C(C)C(=O)NO)cc1. The van der Waals surface area contributed by atoms with Crippen molar-refractivity contribution in [3.63, 3.8) is 0 Å².